The molecule has 1 amide bonds. The molecule has 3 nitrogen and oxygen atoms in total. The van der Waals surface area contributed by atoms with E-state index in [1.165, 1.54) is 37.7 Å². The van der Waals surface area contributed by atoms with Gasteiger partial charge in [0.15, 0.2) is 0 Å². The number of morpholine rings is 1. The molecule has 0 N–H and O–H groups in total. The van der Waals surface area contributed by atoms with Gasteiger partial charge in [0, 0.05) is 22.8 Å². The number of benzene rings is 1. The van der Waals surface area contributed by atoms with Gasteiger partial charge in [0.2, 0.25) is 6.41 Å². The van der Waals surface area contributed by atoms with Gasteiger partial charge in [-0.1, -0.05) is 51.1 Å². The second-order valence-electron chi connectivity index (χ2n) is 8.52. The van der Waals surface area contributed by atoms with Crippen LogP contribution in [0.5, 0.6) is 0 Å². The van der Waals surface area contributed by atoms with Crippen LogP contribution in [0.2, 0.25) is 0 Å². The Morgan fingerprint density at radius 3 is 2.18 bits per heavy atom. The standard InChI is InChI=1S/C19H26S.C5H9NO2/c1-19(2,3)15-14-18-13-12-17(20-18)11-7-10-16-8-5-4-6-9-16;7-5-6-1-3-8-4-2-6/h4-6,8-9,12-13H,7,10-11,14-15H2,1-3H3;5H,1-4H2. The van der Waals surface area contributed by atoms with E-state index in [0.29, 0.717) is 18.6 Å². The lowest BCUT2D eigenvalue weighted by Gasteiger charge is -2.21. The Morgan fingerprint density at radius 2 is 1.61 bits per heavy atom. The molecule has 2 heterocycles. The highest BCUT2D eigenvalue weighted by atomic mass is 32.1. The van der Waals surface area contributed by atoms with Crippen LogP contribution in [0.3, 0.4) is 0 Å². The second kappa shape index (κ2) is 12.0. The molecule has 1 aliphatic heterocycles. The van der Waals surface area contributed by atoms with Gasteiger partial charge in [-0.05, 0) is 55.2 Å². The monoisotopic (exact) mass is 401 g/mol. The first-order valence-electron chi connectivity index (χ1n) is 10.3. The van der Waals surface area contributed by atoms with E-state index in [2.05, 4.69) is 63.2 Å². The normalized spacial score (nSPS) is 14.3. The summed E-state index contributed by atoms with van der Waals surface area (Å²) in [5.41, 5.74) is 1.90. The van der Waals surface area contributed by atoms with Crippen molar-refractivity contribution >= 4 is 17.7 Å². The summed E-state index contributed by atoms with van der Waals surface area (Å²) in [5.74, 6) is 0. The van der Waals surface area contributed by atoms with Gasteiger partial charge in [-0.2, -0.15) is 0 Å². The molecule has 2 aromatic rings. The van der Waals surface area contributed by atoms with Crippen LogP contribution in [-0.2, 0) is 28.8 Å². The molecule has 0 radical (unpaired) electrons. The molecule has 1 aromatic carbocycles. The first-order chi connectivity index (χ1) is 13.5. The fourth-order valence-electron chi connectivity index (χ4n) is 2.98. The van der Waals surface area contributed by atoms with Crippen molar-refractivity contribution in [2.45, 2.75) is 52.9 Å². The molecule has 0 unspecified atom stereocenters. The van der Waals surface area contributed by atoms with Crippen LogP contribution in [0.4, 0.5) is 0 Å². The van der Waals surface area contributed by atoms with Crippen molar-refractivity contribution in [2.24, 2.45) is 5.41 Å². The Morgan fingerprint density at radius 1 is 0.964 bits per heavy atom. The molecule has 0 aliphatic carbocycles. The third-order valence-electron chi connectivity index (χ3n) is 4.76. The van der Waals surface area contributed by atoms with E-state index in [0.717, 1.165) is 19.5 Å². The number of thiophene rings is 1. The average molecular weight is 402 g/mol. The highest BCUT2D eigenvalue weighted by Gasteiger charge is 2.11. The fourth-order valence-corrected chi connectivity index (χ4v) is 4.04. The first-order valence-corrected chi connectivity index (χ1v) is 11.2. The largest absolute Gasteiger partial charge is 0.378 e. The van der Waals surface area contributed by atoms with Crippen molar-refractivity contribution in [1.82, 2.24) is 4.90 Å². The molecule has 0 bridgehead atoms. The average Bonchev–Trinajstić information content (AvgIpc) is 3.16. The molecule has 28 heavy (non-hydrogen) atoms. The summed E-state index contributed by atoms with van der Waals surface area (Å²) in [6.07, 6.45) is 7.03. The maximum atomic E-state index is 10.0. The van der Waals surface area contributed by atoms with Gasteiger partial charge in [0.1, 0.15) is 0 Å². The van der Waals surface area contributed by atoms with Crippen molar-refractivity contribution in [1.29, 1.82) is 0 Å². The van der Waals surface area contributed by atoms with Gasteiger partial charge >= 0.3 is 0 Å². The molecular formula is C24H35NO2S. The van der Waals surface area contributed by atoms with Crippen LogP contribution in [-0.4, -0.2) is 37.6 Å². The Balaban J connectivity index is 0.000000292. The third-order valence-corrected chi connectivity index (χ3v) is 5.97. The van der Waals surface area contributed by atoms with E-state index in [-0.39, 0.29) is 0 Å². The topological polar surface area (TPSA) is 29.5 Å². The molecule has 1 fully saturated rings. The van der Waals surface area contributed by atoms with Crippen molar-refractivity contribution in [3.63, 3.8) is 0 Å². The zero-order valence-electron chi connectivity index (χ0n) is 17.7. The molecule has 1 aliphatic rings. The van der Waals surface area contributed by atoms with Crippen LogP contribution >= 0.6 is 11.3 Å². The van der Waals surface area contributed by atoms with Gasteiger partial charge < -0.3 is 9.64 Å². The summed E-state index contributed by atoms with van der Waals surface area (Å²) >= 11 is 2.01. The van der Waals surface area contributed by atoms with Crippen LogP contribution in [0.25, 0.3) is 0 Å². The first kappa shape index (κ1) is 22.6. The predicted molar refractivity (Wildman–Crippen MR) is 119 cm³/mol. The molecule has 0 atom stereocenters. The highest BCUT2D eigenvalue weighted by molar-refractivity contribution is 7.11. The van der Waals surface area contributed by atoms with E-state index in [1.807, 2.05) is 11.3 Å². The van der Waals surface area contributed by atoms with Gasteiger partial charge in [-0.15, -0.1) is 11.3 Å². The van der Waals surface area contributed by atoms with E-state index in [4.69, 9.17) is 4.74 Å². The summed E-state index contributed by atoms with van der Waals surface area (Å²) < 4.78 is 5.00. The second-order valence-corrected chi connectivity index (χ2v) is 9.77. The molecular weight excluding hydrogens is 366 g/mol. The molecule has 4 heteroatoms. The molecule has 1 aromatic heterocycles. The van der Waals surface area contributed by atoms with Crippen LogP contribution in [0.1, 0.15) is 48.9 Å². The van der Waals surface area contributed by atoms with Gasteiger partial charge in [-0.25, -0.2) is 0 Å². The minimum atomic E-state index is 0.442. The van der Waals surface area contributed by atoms with E-state index in [9.17, 15) is 4.79 Å². The molecule has 0 saturated carbocycles. The number of hydrogen-bond donors (Lipinski definition) is 0. The Kier molecular flexibility index (Phi) is 9.72. The lowest BCUT2D eigenvalue weighted by atomic mass is 9.90. The van der Waals surface area contributed by atoms with Crippen molar-refractivity contribution < 1.29 is 9.53 Å². The zero-order valence-corrected chi connectivity index (χ0v) is 18.5. The fraction of sp³-hybridized carbons (Fsp3) is 0.542. The Bertz CT molecular complexity index is 669. The van der Waals surface area contributed by atoms with Crippen LogP contribution in [0, 0.1) is 5.41 Å². The number of carbonyl (C=O) groups excluding carboxylic acids is 1. The minimum Gasteiger partial charge on any atom is -0.378 e. The minimum absolute atomic E-state index is 0.442. The number of ether oxygens (including phenoxy) is 1. The number of carbonyl (C=O) groups is 1. The SMILES string of the molecule is CC(C)(C)CCc1ccc(CCCc2ccccc2)s1.O=CN1CCOCC1. The van der Waals surface area contributed by atoms with Gasteiger partial charge in [-0.3, -0.25) is 4.79 Å². The Hall–Kier alpha value is -1.65. The molecule has 1 saturated heterocycles. The smallest absolute Gasteiger partial charge is 0.209 e. The lowest BCUT2D eigenvalue weighted by Crippen LogP contribution is -2.34. The summed E-state index contributed by atoms with van der Waals surface area (Å²) in [5, 5.41) is 0. The number of nitrogens with zero attached hydrogens (tertiary/aromatic N) is 1. The number of hydrogen-bond acceptors (Lipinski definition) is 3. The number of aryl methyl sites for hydroxylation is 3. The van der Waals surface area contributed by atoms with Gasteiger partial charge in [0.25, 0.3) is 0 Å². The predicted octanol–water partition coefficient (Wildman–Crippen LogP) is 5.38. The van der Waals surface area contributed by atoms with Crippen molar-refractivity contribution in [3.05, 3.63) is 57.8 Å². The Labute approximate surface area is 174 Å². The summed E-state index contributed by atoms with van der Waals surface area (Å²) in [6, 6.07) is 15.5. The summed E-state index contributed by atoms with van der Waals surface area (Å²) in [4.78, 5) is 14.8. The van der Waals surface area contributed by atoms with E-state index >= 15 is 0 Å². The molecule has 3 rings (SSSR count). The third kappa shape index (κ3) is 9.52. The van der Waals surface area contributed by atoms with Gasteiger partial charge in [0.05, 0.1) is 13.2 Å². The highest BCUT2D eigenvalue weighted by Crippen LogP contribution is 2.25. The zero-order chi connectivity index (χ0) is 20.2. The number of amides is 1. The van der Waals surface area contributed by atoms with E-state index in [1.54, 1.807) is 14.7 Å². The van der Waals surface area contributed by atoms with Crippen molar-refractivity contribution in [2.75, 3.05) is 26.3 Å². The maximum Gasteiger partial charge on any atom is 0.209 e. The summed E-state index contributed by atoms with van der Waals surface area (Å²) in [6.45, 7) is 9.86. The van der Waals surface area contributed by atoms with Crippen LogP contribution < -0.4 is 0 Å². The quantitative estimate of drug-likeness (QED) is 0.583. The van der Waals surface area contributed by atoms with Crippen molar-refractivity contribution in [3.8, 4) is 0 Å². The summed E-state index contributed by atoms with van der Waals surface area (Å²) in [7, 11) is 0. The number of rotatable bonds is 7. The molecule has 0 spiro atoms. The van der Waals surface area contributed by atoms with E-state index < -0.39 is 0 Å². The molecule has 154 valence electrons. The van der Waals surface area contributed by atoms with Crippen LogP contribution in [0.15, 0.2) is 42.5 Å². The maximum absolute atomic E-state index is 10.0. The lowest BCUT2D eigenvalue weighted by molar-refractivity contribution is -0.121.